The Balaban J connectivity index is 2.68. The van der Waals surface area contributed by atoms with Crippen molar-refractivity contribution in [1.29, 1.82) is 0 Å². The van der Waals surface area contributed by atoms with Crippen LogP contribution in [0.4, 0.5) is 0 Å². The van der Waals surface area contributed by atoms with E-state index in [1.807, 2.05) is 5.43 Å². The first kappa shape index (κ1) is 13.2. The van der Waals surface area contributed by atoms with Gasteiger partial charge in [0.05, 0.1) is 0 Å². The molecule has 1 amide bonds. The van der Waals surface area contributed by atoms with E-state index in [2.05, 4.69) is 0 Å². The van der Waals surface area contributed by atoms with Gasteiger partial charge in [-0.05, 0) is 31.2 Å². The zero-order valence-corrected chi connectivity index (χ0v) is 9.90. The smallest absolute Gasteiger partial charge is 0.274 e. The molecule has 0 fully saturated rings. The van der Waals surface area contributed by atoms with E-state index in [1.54, 1.807) is 38.1 Å². The number of carbonyl (C=O) groups excluding carboxylic acids is 2. The first-order chi connectivity index (χ1) is 8.08. The quantitative estimate of drug-likeness (QED) is 0.346. The molecule has 0 aliphatic rings. The van der Waals surface area contributed by atoms with Gasteiger partial charge in [0.2, 0.25) is 0 Å². The predicted molar refractivity (Wildman–Crippen MR) is 63.5 cm³/mol. The summed E-state index contributed by atoms with van der Waals surface area (Å²) in [6.07, 6.45) is -0.209. The van der Waals surface area contributed by atoms with Crippen molar-refractivity contribution in [1.82, 2.24) is 5.43 Å². The van der Waals surface area contributed by atoms with Crippen LogP contribution in [0.3, 0.4) is 0 Å². The molecule has 1 aromatic rings. The van der Waals surface area contributed by atoms with E-state index in [0.717, 1.165) is 0 Å². The number of benzene rings is 1. The van der Waals surface area contributed by atoms with Gasteiger partial charge >= 0.3 is 0 Å². The van der Waals surface area contributed by atoms with Gasteiger partial charge in [-0.3, -0.25) is 15.0 Å². The highest BCUT2D eigenvalue weighted by Gasteiger charge is 2.13. The normalized spacial score (nSPS) is 11.7. The fourth-order valence-electron chi connectivity index (χ4n) is 1.30. The Kier molecular flexibility index (Phi) is 4.66. The molecule has 5 heteroatoms. The number of nitrogens with two attached hydrogens (primary N) is 1. The number of hydrogen-bond acceptors (Lipinski definition) is 4. The fourth-order valence-corrected chi connectivity index (χ4v) is 1.30. The summed E-state index contributed by atoms with van der Waals surface area (Å²) < 4.78 is 5.33. The third-order valence-electron chi connectivity index (χ3n) is 2.32. The lowest BCUT2D eigenvalue weighted by Gasteiger charge is -2.12. The standard InChI is InChI=1S/C12H16N2O3/c1-3-11(15)9-4-6-10(7-5-9)17-8(2)12(16)14-13/h4-8H,3,13H2,1-2H3,(H,14,16). The lowest BCUT2D eigenvalue weighted by atomic mass is 10.1. The van der Waals surface area contributed by atoms with Crippen molar-refractivity contribution in [2.75, 3.05) is 0 Å². The third-order valence-corrected chi connectivity index (χ3v) is 2.32. The second-order valence-electron chi connectivity index (χ2n) is 3.57. The zero-order chi connectivity index (χ0) is 12.8. The number of hydrazine groups is 1. The fraction of sp³-hybridized carbons (Fsp3) is 0.333. The summed E-state index contributed by atoms with van der Waals surface area (Å²) in [4.78, 5) is 22.5. The van der Waals surface area contributed by atoms with Gasteiger partial charge in [0.15, 0.2) is 11.9 Å². The maximum atomic E-state index is 11.4. The number of hydrogen-bond donors (Lipinski definition) is 2. The molecule has 5 nitrogen and oxygen atoms in total. The highest BCUT2D eigenvalue weighted by atomic mass is 16.5. The van der Waals surface area contributed by atoms with Gasteiger partial charge in [-0.25, -0.2) is 5.84 Å². The monoisotopic (exact) mass is 236 g/mol. The van der Waals surface area contributed by atoms with Crippen molar-refractivity contribution in [3.63, 3.8) is 0 Å². The molecular weight excluding hydrogens is 220 g/mol. The molecule has 0 bridgehead atoms. The Morgan fingerprint density at radius 1 is 1.35 bits per heavy atom. The van der Waals surface area contributed by atoms with Gasteiger partial charge < -0.3 is 4.74 Å². The van der Waals surface area contributed by atoms with Crippen molar-refractivity contribution in [3.05, 3.63) is 29.8 Å². The van der Waals surface area contributed by atoms with Crippen molar-refractivity contribution >= 4 is 11.7 Å². The summed E-state index contributed by atoms with van der Waals surface area (Å²) in [6, 6.07) is 6.66. The molecule has 3 N–H and O–H groups in total. The number of amides is 1. The number of carbonyl (C=O) groups is 2. The van der Waals surface area contributed by atoms with Crippen LogP contribution in [-0.4, -0.2) is 17.8 Å². The summed E-state index contributed by atoms with van der Waals surface area (Å²) in [7, 11) is 0. The van der Waals surface area contributed by atoms with Crippen molar-refractivity contribution in [2.45, 2.75) is 26.4 Å². The predicted octanol–water partition coefficient (Wildman–Crippen LogP) is 1.04. The minimum absolute atomic E-state index is 0.0734. The van der Waals surface area contributed by atoms with Crippen LogP contribution in [0.15, 0.2) is 24.3 Å². The Morgan fingerprint density at radius 3 is 2.41 bits per heavy atom. The molecule has 1 rings (SSSR count). The van der Waals surface area contributed by atoms with Crippen LogP contribution < -0.4 is 16.0 Å². The van der Waals surface area contributed by atoms with Crippen LogP contribution in [0, 0.1) is 0 Å². The number of ketones is 1. The van der Waals surface area contributed by atoms with Gasteiger partial charge in [-0.2, -0.15) is 0 Å². The summed E-state index contributed by atoms with van der Waals surface area (Å²) in [5.41, 5.74) is 2.64. The maximum absolute atomic E-state index is 11.4. The Morgan fingerprint density at radius 2 is 1.94 bits per heavy atom. The van der Waals surface area contributed by atoms with Gasteiger partial charge in [-0.1, -0.05) is 6.92 Å². The first-order valence-electron chi connectivity index (χ1n) is 5.38. The minimum Gasteiger partial charge on any atom is -0.481 e. The molecule has 92 valence electrons. The molecule has 0 saturated heterocycles. The van der Waals surface area contributed by atoms with E-state index in [1.165, 1.54) is 0 Å². The molecule has 0 spiro atoms. The molecular formula is C12H16N2O3. The van der Waals surface area contributed by atoms with E-state index in [0.29, 0.717) is 17.7 Å². The number of ether oxygens (including phenoxy) is 1. The van der Waals surface area contributed by atoms with E-state index in [9.17, 15) is 9.59 Å². The second kappa shape index (κ2) is 6.00. The van der Waals surface area contributed by atoms with Gasteiger partial charge in [0, 0.05) is 12.0 Å². The average molecular weight is 236 g/mol. The molecule has 1 unspecified atom stereocenters. The van der Waals surface area contributed by atoms with Crippen LogP contribution in [0.25, 0.3) is 0 Å². The number of nitrogens with one attached hydrogen (secondary N) is 1. The minimum atomic E-state index is -0.673. The first-order valence-corrected chi connectivity index (χ1v) is 5.38. The van der Waals surface area contributed by atoms with Gasteiger partial charge in [0.1, 0.15) is 5.75 Å². The Bertz CT molecular complexity index is 401. The summed E-state index contributed by atoms with van der Waals surface area (Å²) in [6.45, 7) is 3.40. The largest absolute Gasteiger partial charge is 0.481 e. The van der Waals surface area contributed by atoms with Crippen LogP contribution >= 0.6 is 0 Å². The highest BCUT2D eigenvalue weighted by molar-refractivity contribution is 5.95. The number of rotatable bonds is 5. The molecule has 17 heavy (non-hydrogen) atoms. The van der Waals surface area contributed by atoms with Gasteiger partial charge in [0.25, 0.3) is 5.91 Å². The SMILES string of the molecule is CCC(=O)c1ccc(OC(C)C(=O)NN)cc1. The van der Waals surface area contributed by atoms with Crippen molar-refractivity contribution in [2.24, 2.45) is 5.84 Å². The number of Topliss-reactive ketones (excluding diaryl/α,β-unsaturated/α-hetero) is 1. The van der Waals surface area contributed by atoms with E-state index in [-0.39, 0.29) is 5.78 Å². The van der Waals surface area contributed by atoms with Crippen molar-refractivity contribution < 1.29 is 14.3 Å². The highest BCUT2D eigenvalue weighted by Crippen LogP contribution is 2.14. The molecule has 0 aromatic heterocycles. The molecule has 0 aliphatic carbocycles. The Labute approximate surface area is 99.9 Å². The van der Waals surface area contributed by atoms with Crippen LogP contribution in [0.5, 0.6) is 5.75 Å². The van der Waals surface area contributed by atoms with E-state index in [4.69, 9.17) is 10.6 Å². The van der Waals surface area contributed by atoms with Crippen molar-refractivity contribution in [3.8, 4) is 5.75 Å². The molecule has 0 saturated carbocycles. The average Bonchev–Trinajstić information content (AvgIpc) is 2.37. The zero-order valence-electron chi connectivity index (χ0n) is 9.90. The summed E-state index contributed by atoms with van der Waals surface area (Å²) in [5, 5.41) is 0. The maximum Gasteiger partial charge on any atom is 0.274 e. The van der Waals surface area contributed by atoms with Crippen LogP contribution in [-0.2, 0) is 4.79 Å². The van der Waals surface area contributed by atoms with Crippen LogP contribution in [0.1, 0.15) is 30.6 Å². The third kappa shape index (κ3) is 3.57. The Hall–Kier alpha value is -1.88. The summed E-state index contributed by atoms with van der Waals surface area (Å²) >= 11 is 0. The van der Waals surface area contributed by atoms with E-state index < -0.39 is 12.0 Å². The molecule has 0 heterocycles. The van der Waals surface area contributed by atoms with Gasteiger partial charge in [-0.15, -0.1) is 0 Å². The van der Waals surface area contributed by atoms with Crippen LogP contribution in [0.2, 0.25) is 0 Å². The topological polar surface area (TPSA) is 81.4 Å². The summed E-state index contributed by atoms with van der Waals surface area (Å²) in [5.74, 6) is 5.18. The molecule has 0 aliphatic heterocycles. The second-order valence-corrected chi connectivity index (χ2v) is 3.57. The molecule has 1 aromatic carbocycles. The molecule has 1 atom stereocenters. The van der Waals surface area contributed by atoms with E-state index >= 15 is 0 Å². The lowest BCUT2D eigenvalue weighted by Crippen LogP contribution is -2.40. The lowest BCUT2D eigenvalue weighted by molar-refractivity contribution is -0.127. The molecule has 0 radical (unpaired) electrons.